The largest absolute Gasteiger partial charge is 0.496 e. The van der Waals surface area contributed by atoms with Crippen molar-refractivity contribution in [3.05, 3.63) is 62.8 Å². The molecule has 0 aliphatic rings. The lowest BCUT2D eigenvalue weighted by molar-refractivity contribution is 0.399. The molecule has 2 nitrogen and oxygen atoms in total. The first-order chi connectivity index (χ1) is 9.52. The Hall–Kier alpha value is -1.10. The minimum atomic E-state index is -0.523. The van der Waals surface area contributed by atoms with Crippen molar-refractivity contribution in [3.8, 4) is 5.75 Å². The number of ether oxygens (including phenoxy) is 1. The molecule has 106 valence electrons. The molecule has 0 aliphatic carbocycles. The molecule has 0 saturated heterocycles. The molecule has 20 heavy (non-hydrogen) atoms. The molecule has 0 amide bonds. The third kappa shape index (κ3) is 3.32. The van der Waals surface area contributed by atoms with Gasteiger partial charge in [-0.1, -0.05) is 39.7 Å². The quantitative estimate of drug-likeness (QED) is 0.874. The summed E-state index contributed by atoms with van der Waals surface area (Å²) >= 11 is 9.51. The Labute approximate surface area is 130 Å². The van der Waals surface area contributed by atoms with Gasteiger partial charge < -0.3 is 10.5 Å². The molecule has 5 heteroatoms. The smallest absolute Gasteiger partial charge is 0.131 e. The fourth-order valence-corrected chi connectivity index (χ4v) is 2.83. The van der Waals surface area contributed by atoms with E-state index in [0.717, 1.165) is 10.0 Å². The van der Waals surface area contributed by atoms with Crippen LogP contribution in [-0.2, 0) is 6.42 Å². The highest BCUT2D eigenvalue weighted by atomic mass is 79.9. The molecule has 0 aromatic heterocycles. The maximum Gasteiger partial charge on any atom is 0.131 e. The lowest BCUT2D eigenvalue weighted by Gasteiger charge is -2.17. The van der Waals surface area contributed by atoms with Crippen LogP contribution in [0.5, 0.6) is 5.75 Å². The maximum absolute atomic E-state index is 14.0. The summed E-state index contributed by atoms with van der Waals surface area (Å²) in [4.78, 5) is 0. The highest BCUT2D eigenvalue weighted by molar-refractivity contribution is 9.10. The molecule has 0 radical (unpaired) electrons. The van der Waals surface area contributed by atoms with Gasteiger partial charge in [0.15, 0.2) is 0 Å². The molecule has 2 aromatic rings. The SMILES string of the molecule is COc1cccc(F)c1C(N)Cc1ccc(Br)cc1Cl. The van der Waals surface area contributed by atoms with E-state index in [-0.39, 0.29) is 5.82 Å². The molecule has 0 saturated carbocycles. The summed E-state index contributed by atoms with van der Waals surface area (Å²) < 4.78 is 20.0. The molecule has 2 rings (SSSR count). The topological polar surface area (TPSA) is 35.2 Å². The van der Waals surface area contributed by atoms with Crippen LogP contribution in [0.15, 0.2) is 40.9 Å². The van der Waals surface area contributed by atoms with E-state index in [4.69, 9.17) is 22.1 Å². The first-order valence-corrected chi connectivity index (χ1v) is 7.22. The number of nitrogens with two attached hydrogens (primary N) is 1. The molecule has 2 aromatic carbocycles. The predicted octanol–water partition coefficient (Wildman–Crippen LogP) is 4.49. The second kappa shape index (κ2) is 6.57. The van der Waals surface area contributed by atoms with Crippen LogP contribution in [0.1, 0.15) is 17.2 Å². The van der Waals surface area contributed by atoms with Gasteiger partial charge in [0.25, 0.3) is 0 Å². The number of benzene rings is 2. The fourth-order valence-electron chi connectivity index (χ4n) is 2.08. The van der Waals surface area contributed by atoms with Gasteiger partial charge in [-0.3, -0.25) is 0 Å². The summed E-state index contributed by atoms with van der Waals surface area (Å²) in [7, 11) is 1.50. The second-order valence-electron chi connectivity index (χ2n) is 4.40. The van der Waals surface area contributed by atoms with E-state index in [2.05, 4.69) is 15.9 Å². The highest BCUT2D eigenvalue weighted by Crippen LogP contribution is 2.31. The van der Waals surface area contributed by atoms with Gasteiger partial charge in [-0.25, -0.2) is 4.39 Å². The number of halogens is 3. The lowest BCUT2D eigenvalue weighted by atomic mass is 9.98. The number of hydrogen-bond donors (Lipinski definition) is 1. The van der Waals surface area contributed by atoms with Crippen molar-refractivity contribution in [1.29, 1.82) is 0 Å². The van der Waals surface area contributed by atoms with Crippen LogP contribution in [0.25, 0.3) is 0 Å². The molecular formula is C15H14BrClFNO. The Balaban J connectivity index is 2.30. The molecule has 1 unspecified atom stereocenters. The van der Waals surface area contributed by atoms with Gasteiger partial charge in [-0.15, -0.1) is 0 Å². The zero-order chi connectivity index (χ0) is 14.7. The monoisotopic (exact) mass is 357 g/mol. The van der Waals surface area contributed by atoms with E-state index in [9.17, 15) is 4.39 Å². The summed E-state index contributed by atoms with van der Waals surface area (Å²) in [6.45, 7) is 0. The van der Waals surface area contributed by atoms with Crippen LogP contribution in [0.4, 0.5) is 4.39 Å². The van der Waals surface area contributed by atoms with Crippen LogP contribution in [0, 0.1) is 5.82 Å². The van der Waals surface area contributed by atoms with Crippen LogP contribution in [0.2, 0.25) is 5.02 Å². The Morgan fingerprint density at radius 2 is 2.10 bits per heavy atom. The average molecular weight is 359 g/mol. The molecule has 0 bridgehead atoms. The van der Waals surface area contributed by atoms with Gasteiger partial charge in [0, 0.05) is 21.1 Å². The standard InChI is InChI=1S/C15H14BrClFNO/c1-20-14-4-2-3-12(18)15(14)13(19)7-9-5-6-10(16)8-11(9)17/h2-6,8,13H,7,19H2,1H3. The Bertz CT molecular complexity index is 621. The first-order valence-electron chi connectivity index (χ1n) is 6.05. The molecule has 0 heterocycles. The fraction of sp³-hybridized carbons (Fsp3) is 0.200. The first kappa shape index (κ1) is 15.3. The van der Waals surface area contributed by atoms with Crippen molar-refractivity contribution in [3.63, 3.8) is 0 Å². The zero-order valence-corrected chi connectivity index (χ0v) is 13.2. The highest BCUT2D eigenvalue weighted by Gasteiger charge is 2.18. The van der Waals surface area contributed by atoms with Gasteiger partial charge in [-0.2, -0.15) is 0 Å². The van der Waals surface area contributed by atoms with Crippen LogP contribution in [-0.4, -0.2) is 7.11 Å². The Morgan fingerprint density at radius 1 is 1.35 bits per heavy atom. The molecule has 0 fully saturated rings. The van der Waals surface area contributed by atoms with Gasteiger partial charge in [0.05, 0.1) is 7.11 Å². The zero-order valence-electron chi connectivity index (χ0n) is 10.9. The summed E-state index contributed by atoms with van der Waals surface area (Å²) in [5.74, 6) is 0.0795. The van der Waals surface area contributed by atoms with Crippen LogP contribution < -0.4 is 10.5 Å². The van der Waals surface area contributed by atoms with E-state index in [1.54, 1.807) is 18.2 Å². The molecule has 0 aliphatic heterocycles. The molecular weight excluding hydrogens is 345 g/mol. The number of rotatable bonds is 4. The van der Waals surface area contributed by atoms with E-state index in [0.29, 0.717) is 22.8 Å². The third-order valence-electron chi connectivity index (χ3n) is 3.06. The van der Waals surface area contributed by atoms with E-state index >= 15 is 0 Å². The Morgan fingerprint density at radius 3 is 2.75 bits per heavy atom. The molecule has 0 spiro atoms. The molecule has 2 N–H and O–H groups in total. The Kier molecular flexibility index (Phi) is 5.02. The van der Waals surface area contributed by atoms with Gasteiger partial charge in [0.1, 0.15) is 11.6 Å². The minimum absolute atomic E-state index is 0.369. The van der Waals surface area contributed by atoms with Crippen LogP contribution >= 0.6 is 27.5 Å². The van der Waals surface area contributed by atoms with Crippen molar-refractivity contribution in [2.45, 2.75) is 12.5 Å². The van der Waals surface area contributed by atoms with Gasteiger partial charge in [0.2, 0.25) is 0 Å². The van der Waals surface area contributed by atoms with E-state index in [1.165, 1.54) is 13.2 Å². The van der Waals surface area contributed by atoms with E-state index < -0.39 is 6.04 Å². The van der Waals surface area contributed by atoms with Gasteiger partial charge >= 0.3 is 0 Å². The third-order valence-corrected chi connectivity index (χ3v) is 3.90. The number of hydrogen-bond acceptors (Lipinski definition) is 2. The normalized spacial score (nSPS) is 12.2. The predicted molar refractivity (Wildman–Crippen MR) is 82.7 cm³/mol. The second-order valence-corrected chi connectivity index (χ2v) is 5.72. The van der Waals surface area contributed by atoms with Crippen molar-refractivity contribution >= 4 is 27.5 Å². The van der Waals surface area contributed by atoms with Crippen molar-refractivity contribution in [2.24, 2.45) is 5.73 Å². The van der Waals surface area contributed by atoms with Gasteiger partial charge in [-0.05, 0) is 36.2 Å². The van der Waals surface area contributed by atoms with Crippen molar-refractivity contribution < 1.29 is 9.13 Å². The van der Waals surface area contributed by atoms with Crippen molar-refractivity contribution in [1.82, 2.24) is 0 Å². The van der Waals surface area contributed by atoms with Crippen LogP contribution in [0.3, 0.4) is 0 Å². The summed E-state index contributed by atoms with van der Waals surface area (Å²) in [6.07, 6.45) is 0.434. The maximum atomic E-state index is 14.0. The molecule has 1 atom stereocenters. The van der Waals surface area contributed by atoms with E-state index in [1.807, 2.05) is 12.1 Å². The summed E-state index contributed by atoms with van der Waals surface area (Å²) in [5.41, 5.74) is 7.36. The average Bonchev–Trinajstić information content (AvgIpc) is 2.41. The lowest BCUT2D eigenvalue weighted by Crippen LogP contribution is -2.16. The number of methoxy groups -OCH3 is 1. The van der Waals surface area contributed by atoms with Crippen molar-refractivity contribution in [2.75, 3.05) is 7.11 Å². The summed E-state index contributed by atoms with van der Waals surface area (Å²) in [6, 6.07) is 9.69. The minimum Gasteiger partial charge on any atom is -0.496 e. The summed E-state index contributed by atoms with van der Waals surface area (Å²) in [5, 5.41) is 0.602.